The van der Waals surface area contributed by atoms with Crippen LogP contribution in [-0.2, 0) is 14.3 Å². The van der Waals surface area contributed by atoms with Crippen molar-refractivity contribution in [3.63, 3.8) is 0 Å². The van der Waals surface area contributed by atoms with Crippen molar-refractivity contribution in [1.82, 2.24) is 15.2 Å². The first kappa shape index (κ1) is 31.5. The molecule has 2 saturated heterocycles. The van der Waals surface area contributed by atoms with Crippen molar-refractivity contribution >= 4 is 17.8 Å². The molecule has 2 aliphatic rings. The Morgan fingerprint density at radius 3 is 2.15 bits per heavy atom. The number of nitrogens with zero attached hydrogens (tertiary/aromatic N) is 4. The van der Waals surface area contributed by atoms with Crippen molar-refractivity contribution < 1.29 is 60.0 Å². The van der Waals surface area contributed by atoms with Crippen LogP contribution in [0, 0.1) is 18.7 Å². The molecule has 2 fully saturated rings. The lowest BCUT2D eigenvalue weighted by Crippen LogP contribution is -2.65. The fraction of sp³-hybridized carbons (Fsp3) is 0.500. The van der Waals surface area contributed by atoms with E-state index in [1.54, 1.807) is 6.07 Å². The average molecular weight is 572 g/mol. The quantitative estimate of drug-likeness (QED) is 0.512. The van der Waals surface area contributed by atoms with Gasteiger partial charge < -0.3 is 24.6 Å². The standard InChI is InChI=1S/C18H21FN4O2.2C2HF3O2/c1-13-4-5-16(22-21-13)23-11-18(12-23)14(7-10-25-18)6-9-24-17-15(19)3-2-8-20-17;2*3-2(4,5)1(6)7/h2-5,8,14H,6-7,9-12H2,1H3;2*(H,6,7). The molecule has 10 nitrogen and oxygen atoms in total. The Bertz CT molecular complexity index is 1090. The Morgan fingerprint density at radius 1 is 1.08 bits per heavy atom. The number of hydrogen-bond donors (Lipinski definition) is 2. The van der Waals surface area contributed by atoms with Crippen LogP contribution < -0.4 is 9.64 Å². The predicted octanol–water partition coefficient (Wildman–Crippen LogP) is 3.65. The molecule has 2 N–H and O–H groups in total. The maximum absolute atomic E-state index is 13.6. The largest absolute Gasteiger partial charge is 0.490 e. The van der Waals surface area contributed by atoms with E-state index < -0.39 is 30.1 Å². The van der Waals surface area contributed by atoms with E-state index in [-0.39, 0.29) is 11.5 Å². The van der Waals surface area contributed by atoms with E-state index >= 15 is 0 Å². The zero-order valence-corrected chi connectivity index (χ0v) is 20.2. The normalized spacial score (nSPS) is 17.7. The number of aryl methyl sites for hydroxylation is 1. The van der Waals surface area contributed by atoms with E-state index in [0.29, 0.717) is 12.5 Å². The zero-order chi connectivity index (χ0) is 29.4. The summed E-state index contributed by atoms with van der Waals surface area (Å²) in [5, 5.41) is 22.6. The summed E-state index contributed by atoms with van der Waals surface area (Å²) in [6, 6.07) is 6.87. The van der Waals surface area contributed by atoms with Gasteiger partial charge in [0.05, 0.1) is 25.4 Å². The summed E-state index contributed by atoms with van der Waals surface area (Å²) in [5.41, 5.74) is 0.770. The van der Waals surface area contributed by atoms with E-state index in [9.17, 15) is 30.7 Å². The number of carboxylic acid groups (broad SMARTS) is 2. The molecule has 0 aromatic carbocycles. The summed E-state index contributed by atoms with van der Waals surface area (Å²) in [6.45, 7) is 4.75. The van der Waals surface area contributed by atoms with Crippen molar-refractivity contribution in [2.45, 2.75) is 37.7 Å². The molecule has 4 rings (SSSR count). The second-order valence-corrected chi connectivity index (χ2v) is 8.32. The highest BCUT2D eigenvalue weighted by molar-refractivity contribution is 5.73. The van der Waals surface area contributed by atoms with Crippen LogP contribution in [-0.4, -0.2) is 81.6 Å². The van der Waals surface area contributed by atoms with Gasteiger partial charge in [0, 0.05) is 12.8 Å². The molecule has 0 aliphatic carbocycles. The maximum Gasteiger partial charge on any atom is 0.490 e. The van der Waals surface area contributed by atoms with E-state index in [1.807, 2.05) is 19.1 Å². The van der Waals surface area contributed by atoms with Crippen LogP contribution in [0.5, 0.6) is 5.88 Å². The lowest BCUT2D eigenvalue weighted by Gasteiger charge is -2.50. The number of rotatable bonds is 5. The third-order valence-electron chi connectivity index (χ3n) is 5.54. The molecule has 1 spiro atoms. The Hall–Kier alpha value is -3.76. The number of ether oxygens (including phenoxy) is 2. The Kier molecular flexibility index (Phi) is 10.4. The highest BCUT2D eigenvalue weighted by Gasteiger charge is 2.53. The second kappa shape index (κ2) is 12.9. The molecule has 216 valence electrons. The van der Waals surface area contributed by atoms with Gasteiger partial charge in [0.2, 0.25) is 5.88 Å². The molecule has 2 aliphatic heterocycles. The van der Waals surface area contributed by atoms with Crippen LogP contribution in [0.4, 0.5) is 36.6 Å². The van der Waals surface area contributed by atoms with Crippen molar-refractivity contribution in [2.24, 2.45) is 5.92 Å². The number of anilines is 1. The Labute approximate surface area is 216 Å². The van der Waals surface area contributed by atoms with E-state index in [1.165, 1.54) is 12.3 Å². The van der Waals surface area contributed by atoms with Crippen LogP contribution in [0.2, 0.25) is 0 Å². The molecule has 4 heterocycles. The minimum Gasteiger partial charge on any atom is -0.476 e. The third kappa shape index (κ3) is 9.19. The molecule has 39 heavy (non-hydrogen) atoms. The molecule has 0 radical (unpaired) electrons. The molecule has 1 atom stereocenters. The van der Waals surface area contributed by atoms with Crippen LogP contribution in [0.25, 0.3) is 0 Å². The fourth-order valence-corrected chi connectivity index (χ4v) is 3.64. The maximum atomic E-state index is 13.6. The van der Waals surface area contributed by atoms with Crippen LogP contribution >= 0.6 is 0 Å². The van der Waals surface area contributed by atoms with Gasteiger partial charge in [-0.15, -0.1) is 5.10 Å². The average Bonchev–Trinajstić information content (AvgIpc) is 3.24. The smallest absolute Gasteiger partial charge is 0.476 e. The van der Waals surface area contributed by atoms with Crippen molar-refractivity contribution in [1.29, 1.82) is 0 Å². The highest BCUT2D eigenvalue weighted by atomic mass is 19.4. The number of carbonyl (C=O) groups is 2. The van der Waals surface area contributed by atoms with Gasteiger partial charge in [0.1, 0.15) is 5.60 Å². The first-order chi connectivity index (χ1) is 18.0. The van der Waals surface area contributed by atoms with Crippen molar-refractivity contribution in [2.75, 3.05) is 31.2 Å². The first-order valence-electron chi connectivity index (χ1n) is 11.1. The number of hydrogen-bond acceptors (Lipinski definition) is 8. The van der Waals surface area contributed by atoms with Gasteiger partial charge >= 0.3 is 24.3 Å². The van der Waals surface area contributed by atoms with E-state index in [0.717, 1.165) is 44.0 Å². The molecule has 1 unspecified atom stereocenters. The molecule has 0 bridgehead atoms. The topological polar surface area (TPSA) is 135 Å². The number of halogens is 7. The van der Waals surface area contributed by atoms with Crippen molar-refractivity contribution in [3.05, 3.63) is 42.0 Å². The molecule has 0 saturated carbocycles. The highest BCUT2D eigenvalue weighted by Crippen LogP contribution is 2.42. The lowest BCUT2D eigenvalue weighted by molar-refractivity contribution is -0.193. The molecular formula is C22H23F7N4O6. The molecule has 0 amide bonds. The SMILES string of the molecule is Cc1ccc(N2CC3(C2)OCCC3CCOc2ncccc2F)nn1.O=C(O)C(F)(F)F.O=C(O)C(F)(F)F. The van der Waals surface area contributed by atoms with Gasteiger partial charge in [0.25, 0.3) is 0 Å². The molecule has 2 aromatic rings. The van der Waals surface area contributed by atoms with Gasteiger partial charge in [-0.2, -0.15) is 31.4 Å². The van der Waals surface area contributed by atoms with E-state index in [2.05, 4.69) is 20.1 Å². The number of carboxylic acids is 2. The zero-order valence-electron chi connectivity index (χ0n) is 20.2. The molecule has 2 aromatic heterocycles. The molecule has 17 heteroatoms. The van der Waals surface area contributed by atoms with Gasteiger partial charge in [0.15, 0.2) is 11.6 Å². The third-order valence-corrected chi connectivity index (χ3v) is 5.54. The number of aliphatic carboxylic acids is 2. The van der Waals surface area contributed by atoms with Gasteiger partial charge in [-0.05, 0) is 49.9 Å². The Balaban J connectivity index is 0.000000317. The monoisotopic (exact) mass is 572 g/mol. The fourth-order valence-electron chi connectivity index (χ4n) is 3.64. The first-order valence-corrected chi connectivity index (χ1v) is 11.1. The summed E-state index contributed by atoms with van der Waals surface area (Å²) in [7, 11) is 0. The summed E-state index contributed by atoms with van der Waals surface area (Å²) in [4.78, 5) is 23.9. The summed E-state index contributed by atoms with van der Waals surface area (Å²) in [6.07, 6.45) is -6.81. The van der Waals surface area contributed by atoms with Gasteiger partial charge in [-0.3, -0.25) is 0 Å². The lowest BCUT2D eigenvalue weighted by atomic mass is 9.79. The van der Waals surface area contributed by atoms with Gasteiger partial charge in [-0.25, -0.2) is 19.0 Å². The van der Waals surface area contributed by atoms with Gasteiger partial charge in [-0.1, -0.05) is 0 Å². The number of pyridine rings is 1. The second-order valence-electron chi connectivity index (χ2n) is 8.32. The summed E-state index contributed by atoms with van der Waals surface area (Å²) in [5.74, 6) is -4.58. The minimum atomic E-state index is -5.08. The van der Waals surface area contributed by atoms with Crippen LogP contribution in [0.1, 0.15) is 18.5 Å². The number of aromatic nitrogens is 3. The minimum absolute atomic E-state index is 0.0700. The van der Waals surface area contributed by atoms with E-state index in [4.69, 9.17) is 29.3 Å². The Morgan fingerprint density at radius 2 is 1.67 bits per heavy atom. The van der Waals surface area contributed by atoms with Crippen LogP contribution in [0.3, 0.4) is 0 Å². The van der Waals surface area contributed by atoms with Crippen molar-refractivity contribution in [3.8, 4) is 5.88 Å². The number of alkyl halides is 6. The predicted molar refractivity (Wildman–Crippen MR) is 117 cm³/mol. The molecular weight excluding hydrogens is 549 g/mol. The summed E-state index contributed by atoms with van der Waals surface area (Å²) < 4.78 is 88.6. The van der Waals surface area contributed by atoms with Crippen LogP contribution in [0.15, 0.2) is 30.5 Å². The summed E-state index contributed by atoms with van der Waals surface area (Å²) >= 11 is 0.